The van der Waals surface area contributed by atoms with Crippen molar-refractivity contribution < 1.29 is 9.53 Å². The van der Waals surface area contributed by atoms with E-state index >= 15 is 0 Å². The molecule has 1 heterocycles. The Morgan fingerprint density at radius 2 is 1.88 bits per heavy atom. The molecular formula is C21H22N2O3. The lowest BCUT2D eigenvalue weighted by molar-refractivity contribution is -0.123. The third-order valence-electron chi connectivity index (χ3n) is 4.27. The van der Waals surface area contributed by atoms with Crippen LogP contribution < -0.4 is 15.6 Å². The van der Waals surface area contributed by atoms with Crippen LogP contribution in [0.5, 0.6) is 5.75 Å². The van der Waals surface area contributed by atoms with Crippen LogP contribution in [0.1, 0.15) is 16.7 Å². The average molecular weight is 350 g/mol. The van der Waals surface area contributed by atoms with Crippen LogP contribution in [0, 0.1) is 13.8 Å². The molecule has 2 N–H and O–H groups in total. The Balaban J connectivity index is 1.53. The second-order valence-electron chi connectivity index (χ2n) is 6.36. The van der Waals surface area contributed by atoms with Crippen molar-refractivity contribution in [3.05, 3.63) is 75.6 Å². The van der Waals surface area contributed by atoms with Crippen LogP contribution in [0.25, 0.3) is 10.9 Å². The molecule has 0 aliphatic carbocycles. The lowest BCUT2D eigenvalue weighted by Crippen LogP contribution is -2.31. The van der Waals surface area contributed by atoms with Crippen molar-refractivity contribution in [1.82, 2.24) is 10.3 Å². The van der Waals surface area contributed by atoms with Crippen LogP contribution in [0.15, 0.2) is 53.3 Å². The quantitative estimate of drug-likeness (QED) is 0.718. The monoisotopic (exact) mass is 350 g/mol. The maximum atomic E-state index is 12.2. The Bertz CT molecular complexity index is 975. The van der Waals surface area contributed by atoms with Crippen molar-refractivity contribution in [2.75, 3.05) is 13.2 Å². The van der Waals surface area contributed by atoms with Crippen molar-refractivity contribution in [3.63, 3.8) is 0 Å². The molecule has 3 rings (SSSR count). The summed E-state index contributed by atoms with van der Waals surface area (Å²) in [5, 5.41) is 3.78. The fourth-order valence-electron chi connectivity index (χ4n) is 2.79. The maximum Gasteiger partial charge on any atom is 0.257 e. The standard InChI is InChI=1S/C21H22N2O3/c1-14-6-8-18(9-7-14)26-13-19(24)22-11-10-17-12-16-5-3-4-15(2)20(16)23-21(17)25/h3-9,12H,10-11,13H2,1-2H3,(H,22,24)(H,23,25). The Morgan fingerprint density at radius 3 is 2.65 bits per heavy atom. The molecule has 2 aromatic carbocycles. The van der Waals surface area contributed by atoms with Crippen LogP contribution >= 0.6 is 0 Å². The van der Waals surface area contributed by atoms with E-state index in [0.717, 1.165) is 22.0 Å². The number of pyridine rings is 1. The fraction of sp³-hybridized carbons (Fsp3) is 0.238. The molecule has 134 valence electrons. The molecule has 3 aromatic rings. The third kappa shape index (κ3) is 4.30. The highest BCUT2D eigenvalue weighted by Gasteiger charge is 2.06. The van der Waals surface area contributed by atoms with Crippen LogP contribution in [-0.2, 0) is 11.2 Å². The summed E-state index contributed by atoms with van der Waals surface area (Å²) in [6.07, 6.45) is 0.468. The summed E-state index contributed by atoms with van der Waals surface area (Å²) in [7, 11) is 0. The van der Waals surface area contributed by atoms with Gasteiger partial charge in [-0.1, -0.05) is 35.9 Å². The number of ether oxygens (including phenoxy) is 1. The molecule has 0 bridgehead atoms. The second-order valence-corrected chi connectivity index (χ2v) is 6.36. The smallest absolute Gasteiger partial charge is 0.257 e. The molecule has 0 unspecified atom stereocenters. The van der Waals surface area contributed by atoms with Gasteiger partial charge in [-0.3, -0.25) is 9.59 Å². The van der Waals surface area contributed by atoms with E-state index in [4.69, 9.17) is 4.74 Å². The third-order valence-corrected chi connectivity index (χ3v) is 4.27. The maximum absolute atomic E-state index is 12.2. The molecule has 1 amide bonds. The van der Waals surface area contributed by atoms with Crippen LogP contribution in [0.3, 0.4) is 0 Å². The van der Waals surface area contributed by atoms with Crippen LogP contribution in [-0.4, -0.2) is 24.0 Å². The number of fused-ring (bicyclic) bond motifs is 1. The molecule has 0 radical (unpaired) electrons. The van der Waals surface area contributed by atoms with Crippen LogP contribution in [0.4, 0.5) is 0 Å². The van der Waals surface area contributed by atoms with Gasteiger partial charge in [0.1, 0.15) is 5.75 Å². The largest absolute Gasteiger partial charge is 0.484 e. The molecule has 5 nitrogen and oxygen atoms in total. The first kappa shape index (κ1) is 17.7. The number of para-hydroxylation sites is 1. The van der Waals surface area contributed by atoms with Gasteiger partial charge < -0.3 is 15.0 Å². The summed E-state index contributed by atoms with van der Waals surface area (Å²) in [6.45, 7) is 4.30. The number of hydrogen-bond acceptors (Lipinski definition) is 3. The minimum absolute atomic E-state index is 0.0453. The van der Waals surface area contributed by atoms with Crippen molar-refractivity contribution in [2.24, 2.45) is 0 Å². The first-order valence-electron chi connectivity index (χ1n) is 8.60. The molecule has 0 saturated heterocycles. The van der Waals surface area contributed by atoms with E-state index in [9.17, 15) is 9.59 Å². The van der Waals surface area contributed by atoms with Gasteiger partial charge in [-0.2, -0.15) is 0 Å². The Morgan fingerprint density at radius 1 is 1.12 bits per heavy atom. The minimum atomic E-state index is -0.210. The van der Waals surface area contributed by atoms with Gasteiger partial charge in [0, 0.05) is 12.1 Å². The highest BCUT2D eigenvalue weighted by atomic mass is 16.5. The number of aryl methyl sites for hydroxylation is 2. The Kier molecular flexibility index (Phi) is 5.37. The van der Waals surface area contributed by atoms with Crippen molar-refractivity contribution in [3.8, 4) is 5.75 Å². The first-order valence-corrected chi connectivity index (χ1v) is 8.60. The number of aromatic amines is 1. The first-order chi connectivity index (χ1) is 12.5. The number of nitrogens with one attached hydrogen (secondary N) is 2. The molecule has 0 fully saturated rings. The molecule has 0 aliphatic rings. The summed E-state index contributed by atoms with van der Waals surface area (Å²) in [4.78, 5) is 27.0. The van der Waals surface area contributed by atoms with Gasteiger partial charge in [0.2, 0.25) is 0 Å². The summed E-state index contributed by atoms with van der Waals surface area (Å²) >= 11 is 0. The zero-order valence-electron chi connectivity index (χ0n) is 15.0. The summed E-state index contributed by atoms with van der Waals surface area (Å²) in [5.41, 5.74) is 3.57. The number of carbonyl (C=O) groups excluding carboxylic acids is 1. The van der Waals surface area contributed by atoms with E-state index in [1.54, 1.807) is 0 Å². The topological polar surface area (TPSA) is 71.2 Å². The van der Waals surface area contributed by atoms with E-state index in [0.29, 0.717) is 24.3 Å². The molecule has 0 atom stereocenters. The van der Waals surface area contributed by atoms with Crippen molar-refractivity contribution in [1.29, 1.82) is 0 Å². The van der Waals surface area contributed by atoms with E-state index in [1.165, 1.54) is 0 Å². The number of rotatable bonds is 6. The van der Waals surface area contributed by atoms with E-state index < -0.39 is 0 Å². The van der Waals surface area contributed by atoms with Gasteiger partial charge in [-0.25, -0.2) is 0 Å². The minimum Gasteiger partial charge on any atom is -0.484 e. The van der Waals surface area contributed by atoms with Gasteiger partial charge in [0.15, 0.2) is 6.61 Å². The average Bonchev–Trinajstić information content (AvgIpc) is 2.62. The molecule has 5 heteroatoms. The Labute approximate surface area is 152 Å². The summed E-state index contributed by atoms with van der Waals surface area (Å²) in [5.74, 6) is 0.450. The summed E-state index contributed by atoms with van der Waals surface area (Å²) < 4.78 is 5.44. The molecule has 0 saturated carbocycles. The predicted molar refractivity (Wildman–Crippen MR) is 103 cm³/mol. The molecular weight excluding hydrogens is 328 g/mol. The van der Waals surface area contributed by atoms with Gasteiger partial charge in [-0.05, 0) is 49.4 Å². The fourth-order valence-corrected chi connectivity index (χ4v) is 2.79. The normalized spacial score (nSPS) is 10.7. The highest BCUT2D eigenvalue weighted by molar-refractivity contribution is 5.82. The van der Waals surface area contributed by atoms with Gasteiger partial charge >= 0.3 is 0 Å². The highest BCUT2D eigenvalue weighted by Crippen LogP contribution is 2.15. The number of H-pyrrole nitrogens is 1. The number of amides is 1. The molecule has 26 heavy (non-hydrogen) atoms. The zero-order chi connectivity index (χ0) is 18.5. The van der Waals surface area contributed by atoms with Crippen molar-refractivity contribution in [2.45, 2.75) is 20.3 Å². The van der Waals surface area contributed by atoms with Crippen molar-refractivity contribution >= 4 is 16.8 Å². The SMILES string of the molecule is Cc1ccc(OCC(=O)NCCc2cc3cccc(C)c3[nH]c2=O)cc1. The molecule has 0 spiro atoms. The van der Waals surface area contributed by atoms with Gasteiger partial charge in [-0.15, -0.1) is 0 Å². The molecule has 1 aromatic heterocycles. The van der Waals surface area contributed by atoms with E-state index in [2.05, 4.69) is 10.3 Å². The molecule has 0 aliphatic heterocycles. The van der Waals surface area contributed by atoms with E-state index in [-0.39, 0.29) is 18.1 Å². The number of hydrogen-bond donors (Lipinski definition) is 2. The predicted octanol–water partition coefficient (Wildman–Crippen LogP) is 2.88. The van der Waals surface area contributed by atoms with Crippen LogP contribution in [0.2, 0.25) is 0 Å². The Hall–Kier alpha value is -3.08. The zero-order valence-corrected chi connectivity index (χ0v) is 15.0. The van der Waals surface area contributed by atoms with E-state index in [1.807, 2.05) is 62.4 Å². The number of carbonyl (C=O) groups is 1. The lowest BCUT2D eigenvalue weighted by Gasteiger charge is -2.08. The number of aromatic nitrogens is 1. The van der Waals surface area contributed by atoms with Gasteiger partial charge in [0.25, 0.3) is 11.5 Å². The lowest BCUT2D eigenvalue weighted by atomic mass is 10.1. The summed E-state index contributed by atoms with van der Waals surface area (Å²) in [6, 6.07) is 15.3. The van der Waals surface area contributed by atoms with Gasteiger partial charge in [0.05, 0.1) is 5.52 Å². The second kappa shape index (κ2) is 7.87. The number of benzene rings is 2.